The molecule has 0 unspecified atom stereocenters. The fourth-order valence-electron chi connectivity index (χ4n) is 6.11. The highest BCUT2D eigenvalue weighted by molar-refractivity contribution is 9.10. The number of carbonyl (C=O) groups excluding carboxylic acids is 2. The molecule has 34 heavy (non-hydrogen) atoms. The van der Waals surface area contributed by atoms with E-state index in [1.54, 1.807) is 48.5 Å². The van der Waals surface area contributed by atoms with Gasteiger partial charge in [-0.05, 0) is 23.3 Å². The van der Waals surface area contributed by atoms with Crippen LogP contribution in [0.1, 0.15) is 28.2 Å². The number of amides is 2. The van der Waals surface area contributed by atoms with Crippen LogP contribution in [0.5, 0.6) is 0 Å². The van der Waals surface area contributed by atoms with Gasteiger partial charge in [-0.3, -0.25) is 29.8 Å². The molecule has 3 aliphatic carbocycles. The van der Waals surface area contributed by atoms with Crippen molar-refractivity contribution in [3.05, 3.63) is 114 Å². The highest BCUT2D eigenvalue weighted by Gasteiger charge is 2.75. The summed E-state index contributed by atoms with van der Waals surface area (Å²) in [7, 11) is 0. The Hall–Kier alpha value is -3.92. The summed E-state index contributed by atoms with van der Waals surface area (Å²) < 4.78 is 0.404. The molecule has 7 rings (SSSR count). The summed E-state index contributed by atoms with van der Waals surface area (Å²) in [4.78, 5) is 52.0. The molecule has 1 aliphatic heterocycles. The number of nitrogens with zero attached hydrogens (tertiary/aromatic N) is 3. The normalized spacial score (nSPS) is 26.1. The number of hydrogen-bond donors (Lipinski definition) is 0. The number of imide groups is 1. The summed E-state index contributed by atoms with van der Waals surface area (Å²) >= 11 is 3.18. The average molecular weight is 520 g/mol. The van der Waals surface area contributed by atoms with Crippen molar-refractivity contribution in [2.75, 3.05) is 4.90 Å². The van der Waals surface area contributed by atoms with Crippen molar-refractivity contribution in [2.45, 2.75) is 11.5 Å². The zero-order valence-electron chi connectivity index (χ0n) is 17.3. The predicted octanol–water partition coefficient (Wildman–Crippen LogP) is 4.14. The van der Waals surface area contributed by atoms with Gasteiger partial charge in [-0.2, -0.15) is 0 Å². The molecule has 10 heteroatoms. The van der Waals surface area contributed by atoms with Gasteiger partial charge < -0.3 is 0 Å². The quantitative estimate of drug-likeness (QED) is 0.291. The van der Waals surface area contributed by atoms with Gasteiger partial charge in [0.1, 0.15) is 11.6 Å². The number of carbonyl (C=O) groups is 2. The smallest absolute Gasteiger partial charge is 0.274 e. The van der Waals surface area contributed by atoms with Crippen LogP contribution in [0.3, 0.4) is 0 Å². The number of halogens is 1. The Morgan fingerprint density at radius 3 is 2.00 bits per heavy atom. The van der Waals surface area contributed by atoms with Gasteiger partial charge in [-0.15, -0.1) is 0 Å². The van der Waals surface area contributed by atoms with Crippen molar-refractivity contribution >= 4 is 39.1 Å². The second-order valence-corrected chi connectivity index (χ2v) is 9.50. The molecule has 1 saturated heterocycles. The summed E-state index contributed by atoms with van der Waals surface area (Å²) in [5.41, 5.74) is -0.564. The zero-order valence-corrected chi connectivity index (χ0v) is 18.8. The molecule has 9 nitrogen and oxygen atoms in total. The topological polar surface area (TPSA) is 124 Å². The fraction of sp³-hybridized carbons (Fsp3) is 0.167. The molecule has 3 aromatic carbocycles. The number of nitro benzene ring substituents is 1. The maximum Gasteiger partial charge on any atom is 0.294 e. The van der Waals surface area contributed by atoms with Crippen molar-refractivity contribution < 1.29 is 19.4 Å². The van der Waals surface area contributed by atoms with Gasteiger partial charge in [0.15, 0.2) is 0 Å². The third-order valence-corrected chi connectivity index (χ3v) is 7.73. The largest absolute Gasteiger partial charge is 0.294 e. The summed E-state index contributed by atoms with van der Waals surface area (Å²) in [5.74, 6) is -4.42. The minimum absolute atomic E-state index is 0.191. The Kier molecular flexibility index (Phi) is 4.13. The van der Waals surface area contributed by atoms with Gasteiger partial charge >= 0.3 is 0 Å². The Morgan fingerprint density at radius 2 is 1.44 bits per heavy atom. The first-order valence-electron chi connectivity index (χ1n) is 10.4. The Morgan fingerprint density at radius 1 is 0.853 bits per heavy atom. The van der Waals surface area contributed by atoms with Gasteiger partial charge in [-0.1, -0.05) is 64.5 Å². The molecule has 3 aromatic rings. The van der Waals surface area contributed by atoms with Crippen molar-refractivity contribution in [1.29, 1.82) is 0 Å². The van der Waals surface area contributed by atoms with Gasteiger partial charge in [-0.25, -0.2) is 4.90 Å². The Bertz CT molecular complexity index is 1420. The van der Waals surface area contributed by atoms with Crippen LogP contribution in [0.15, 0.2) is 71.2 Å². The second kappa shape index (κ2) is 6.80. The molecule has 1 fully saturated rings. The zero-order chi connectivity index (χ0) is 23.9. The fourth-order valence-corrected chi connectivity index (χ4v) is 6.46. The van der Waals surface area contributed by atoms with E-state index in [1.807, 2.05) is 0 Å². The maximum absolute atomic E-state index is 13.9. The van der Waals surface area contributed by atoms with Gasteiger partial charge in [0.25, 0.3) is 11.2 Å². The van der Waals surface area contributed by atoms with Crippen LogP contribution in [0.25, 0.3) is 0 Å². The van der Waals surface area contributed by atoms with Gasteiger partial charge in [0.2, 0.25) is 11.8 Å². The van der Waals surface area contributed by atoms with Crippen molar-refractivity contribution in [3.63, 3.8) is 0 Å². The SMILES string of the molecule is O=C1[C@@H]2[C@@H](C(=O)N1c1ccc(Br)cc1[N+](=O)[O-])C1c3ccccc3C2([N+](=O)[O-])c2ccccc21. The molecule has 0 aromatic heterocycles. The minimum atomic E-state index is -1.97. The average Bonchev–Trinajstić information content (AvgIpc) is 3.09. The van der Waals surface area contributed by atoms with Crippen LogP contribution in [-0.4, -0.2) is 21.7 Å². The molecule has 0 N–H and O–H groups in total. The summed E-state index contributed by atoms with van der Waals surface area (Å²) in [6, 6.07) is 17.7. The summed E-state index contributed by atoms with van der Waals surface area (Å²) in [6.07, 6.45) is 0. The molecule has 1 heterocycles. The predicted molar refractivity (Wildman–Crippen MR) is 123 cm³/mol. The molecule has 2 atom stereocenters. The molecule has 168 valence electrons. The molecular formula is C24H14BrN3O6. The number of anilines is 1. The van der Waals surface area contributed by atoms with E-state index >= 15 is 0 Å². The van der Waals surface area contributed by atoms with E-state index in [4.69, 9.17) is 0 Å². The lowest BCUT2D eigenvalue weighted by molar-refractivity contribution is -0.578. The summed E-state index contributed by atoms with van der Waals surface area (Å²) in [6.45, 7) is 0. The number of nitro groups is 2. The van der Waals surface area contributed by atoms with Crippen LogP contribution in [0.4, 0.5) is 11.4 Å². The first-order valence-corrected chi connectivity index (χ1v) is 11.2. The maximum atomic E-state index is 13.9. The van der Waals surface area contributed by atoms with E-state index in [2.05, 4.69) is 15.9 Å². The highest BCUT2D eigenvalue weighted by atomic mass is 79.9. The van der Waals surface area contributed by atoms with Crippen LogP contribution in [0, 0.1) is 32.1 Å². The standard InChI is InChI=1S/C24H14BrN3O6/c25-12-9-10-17(18(11-12)27(31)32)26-22(29)20-19-13-5-1-3-7-15(13)24(28(33)34,21(20)23(26)30)16-8-4-2-6-14(16)19/h1-11,19-21H/t19?,20-,21-,24?/m0/s1. The third-order valence-electron chi connectivity index (χ3n) is 7.24. The van der Waals surface area contributed by atoms with Gasteiger partial charge in [0.05, 0.1) is 10.8 Å². The number of benzene rings is 3. The van der Waals surface area contributed by atoms with E-state index in [0.717, 1.165) is 4.90 Å². The number of rotatable bonds is 3. The van der Waals surface area contributed by atoms with Gasteiger partial charge in [0, 0.05) is 32.5 Å². The second-order valence-electron chi connectivity index (χ2n) is 8.58. The monoisotopic (exact) mass is 519 g/mol. The molecule has 0 radical (unpaired) electrons. The van der Waals surface area contributed by atoms with Crippen LogP contribution >= 0.6 is 15.9 Å². The third kappa shape index (κ3) is 2.28. The van der Waals surface area contributed by atoms with E-state index in [1.165, 1.54) is 18.2 Å². The van der Waals surface area contributed by atoms with Crippen molar-refractivity contribution in [3.8, 4) is 0 Å². The molecule has 2 amide bonds. The lowest BCUT2D eigenvalue weighted by Crippen LogP contribution is -2.57. The highest BCUT2D eigenvalue weighted by Crippen LogP contribution is 2.64. The number of hydrogen-bond acceptors (Lipinski definition) is 6. The Balaban J connectivity index is 1.66. The molecule has 2 bridgehead atoms. The van der Waals surface area contributed by atoms with Crippen molar-refractivity contribution in [1.82, 2.24) is 0 Å². The van der Waals surface area contributed by atoms with Crippen LogP contribution in [-0.2, 0) is 15.1 Å². The Labute approximate surface area is 200 Å². The van der Waals surface area contributed by atoms with E-state index in [0.29, 0.717) is 26.7 Å². The first-order chi connectivity index (χ1) is 16.3. The molecule has 4 aliphatic rings. The first kappa shape index (κ1) is 20.7. The van der Waals surface area contributed by atoms with Crippen molar-refractivity contribution in [2.24, 2.45) is 11.8 Å². The van der Waals surface area contributed by atoms with Crippen LogP contribution < -0.4 is 4.90 Å². The molecular weight excluding hydrogens is 506 g/mol. The molecule has 0 saturated carbocycles. The van der Waals surface area contributed by atoms with E-state index in [9.17, 15) is 29.8 Å². The lowest BCUT2D eigenvalue weighted by atomic mass is 9.51. The van der Waals surface area contributed by atoms with E-state index < -0.39 is 50.6 Å². The summed E-state index contributed by atoms with van der Waals surface area (Å²) in [5, 5.41) is 24.7. The molecule has 0 spiro atoms. The van der Waals surface area contributed by atoms with E-state index in [-0.39, 0.29) is 5.69 Å². The van der Waals surface area contributed by atoms with Crippen LogP contribution in [0.2, 0.25) is 0 Å². The minimum Gasteiger partial charge on any atom is -0.274 e. The lowest BCUT2D eigenvalue weighted by Gasteiger charge is -2.48.